The molecule has 2 aliphatic rings. The van der Waals surface area contributed by atoms with Gasteiger partial charge in [0.05, 0.1) is 5.60 Å². The number of para-hydroxylation sites is 1. The first-order valence-corrected chi connectivity index (χ1v) is 11.2. The van der Waals surface area contributed by atoms with E-state index in [9.17, 15) is 9.90 Å². The van der Waals surface area contributed by atoms with E-state index in [0.717, 1.165) is 11.1 Å². The van der Waals surface area contributed by atoms with E-state index in [0.29, 0.717) is 12.3 Å². The van der Waals surface area contributed by atoms with Gasteiger partial charge in [0.2, 0.25) is 0 Å². The summed E-state index contributed by atoms with van der Waals surface area (Å²) in [5.41, 5.74) is 0.714. The van der Waals surface area contributed by atoms with Crippen molar-refractivity contribution in [3.05, 3.63) is 53.6 Å². The molecule has 1 fully saturated rings. The van der Waals surface area contributed by atoms with Crippen LogP contribution in [0, 0.1) is 11.8 Å². The molecule has 1 N–H and O–H groups in total. The largest absolute Gasteiger partial charge is 0.508 e. The Morgan fingerprint density at radius 1 is 1.17 bits per heavy atom. The van der Waals surface area contributed by atoms with E-state index >= 15 is 0 Å². The molecule has 1 aromatic rings. The maximum Gasteiger partial charge on any atom is 0.332 e. The van der Waals surface area contributed by atoms with Gasteiger partial charge in [-0.2, -0.15) is 0 Å². The van der Waals surface area contributed by atoms with Gasteiger partial charge in [-0.05, 0) is 64.2 Å². The van der Waals surface area contributed by atoms with Gasteiger partial charge in [0.25, 0.3) is 0 Å². The molecule has 164 valence electrons. The van der Waals surface area contributed by atoms with E-state index < -0.39 is 11.2 Å². The molecule has 3 rings (SSSR count). The van der Waals surface area contributed by atoms with Crippen molar-refractivity contribution in [3.8, 4) is 5.75 Å². The summed E-state index contributed by atoms with van der Waals surface area (Å²) in [6.07, 6.45) is 13.2. The van der Waals surface area contributed by atoms with E-state index in [1.54, 1.807) is 6.07 Å². The Morgan fingerprint density at radius 3 is 2.53 bits per heavy atom. The predicted molar refractivity (Wildman–Crippen MR) is 119 cm³/mol. The number of phenols is 1. The Labute approximate surface area is 181 Å². The molecule has 30 heavy (non-hydrogen) atoms. The van der Waals surface area contributed by atoms with Gasteiger partial charge in [-0.25, -0.2) is 4.79 Å². The van der Waals surface area contributed by atoms with E-state index in [2.05, 4.69) is 25.2 Å². The van der Waals surface area contributed by atoms with E-state index in [1.165, 1.54) is 32.1 Å². The van der Waals surface area contributed by atoms with E-state index in [4.69, 9.17) is 9.47 Å². The fraction of sp³-hybridized carbons (Fsp3) is 0.577. The summed E-state index contributed by atoms with van der Waals surface area (Å²) in [6, 6.07) is 7.41. The molecule has 4 heteroatoms. The van der Waals surface area contributed by atoms with Crippen molar-refractivity contribution in [3.63, 3.8) is 0 Å². The molecular formula is C26H36O4. The molecule has 0 aliphatic heterocycles. The third kappa shape index (κ3) is 5.75. The molecule has 2 aliphatic carbocycles. The second-order valence-corrected chi connectivity index (χ2v) is 9.81. The molecule has 2 atom stereocenters. The first-order valence-electron chi connectivity index (χ1n) is 11.2. The van der Waals surface area contributed by atoms with Crippen molar-refractivity contribution in [1.82, 2.24) is 0 Å². The van der Waals surface area contributed by atoms with E-state index in [-0.39, 0.29) is 24.2 Å². The van der Waals surface area contributed by atoms with Crippen LogP contribution in [0.2, 0.25) is 0 Å². The van der Waals surface area contributed by atoms with Crippen LogP contribution in [0.3, 0.4) is 0 Å². The van der Waals surface area contributed by atoms with Crippen molar-refractivity contribution in [1.29, 1.82) is 0 Å². The van der Waals surface area contributed by atoms with Crippen LogP contribution in [0.1, 0.15) is 65.4 Å². The van der Waals surface area contributed by atoms with Crippen LogP contribution in [0.4, 0.5) is 0 Å². The Kier molecular flexibility index (Phi) is 7.07. The van der Waals surface area contributed by atoms with Crippen LogP contribution < -0.4 is 0 Å². The molecule has 0 bridgehead atoms. The highest BCUT2D eigenvalue weighted by molar-refractivity contribution is 5.71. The average molecular weight is 413 g/mol. The number of ether oxygens (including phenoxy) is 2. The summed E-state index contributed by atoms with van der Waals surface area (Å²) in [6.45, 7) is 7.54. The van der Waals surface area contributed by atoms with Gasteiger partial charge in [-0.1, -0.05) is 55.2 Å². The monoisotopic (exact) mass is 412 g/mol. The summed E-state index contributed by atoms with van der Waals surface area (Å²) in [7, 11) is 0. The number of esters is 1. The quantitative estimate of drug-likeness (QED) is 0.605. The molecule has 1 saturated carbocycles. The number of phenolic OH excluding ortho intramolecular Hbond substituents is 1. The Bertz CT molecular complexity index is 795. The number of hydrogen-bond acceptors (Lipinski definition) is 4. The molecule has 0 spiro atoms. The third-order valence-electron chi connectivity index (χ3n) is 6.10. The predicted octanol–water partition coefficient (Wildman–Crippen LogP) is 5.74. The Morgan fingerprint density at radius 2 is 1.87 bits per heavy atom. The van der Waals surface area contributed by atoms with Crippen LogP contribution in [-0.2, 0) is 20.7 Å². The highest BCUT2D eigenvalue weighted by Gasteiger charge is 2.44. The maximum absolute atomic E-state index is 12.5. The minimum absolute atomic E-state index is 0.105. The maximum atomic E-state index is 12.5. The second-order valence-electron chi connectivity index (χ2n) is 9.81. The van der Waals surface area contributed by atoms with Crippen molar-refractivity contribution >= 4 is 5.97 Å². The fourth-order valence-corrected chi connectivity index (χ4v) is 4.88. The minimum Gasteiger partial charge on any atom is -0.508 e. The molecule has 0 aromatic heterocycles. The summed E-state index contributed by atoms with van der Waals surface area (Å²) >= 11 is 0. The van der Waals surface area contributed by atoms with Crippen LogP contribution in [0.5, 0.6) is 5.75 Å². The van der Waals surface area contributed by atoms with Crippen LogP contribution >= 0.6 is 0 Å². The number of aromatic hydroxyl groups is 1. The zero-order valence-corrected chi connectivity index (χ0v) is 18.8. The summed E-state index contributed by atoms with van der Waals surface area (Å²) in [5.74, 6) is 0.565. The number of hydrogen-bond donors (Lipinski definition) is 1. The lowest BCUT2D eigenvalue weighted by Gasteiger charge is -2.44. The van der Waals surface area contributed by atoms with Crippen molar-refractivity contribution in [2.75, 3.05) is 6.61 Å². The summed E-state index contributed by atoms with van der Waals surface area (Å²) in [4.78, 5) is 12.5. The molecule has 0 saturated heterocycles. The van der Waals surface area contributed by atoms with Crippen LogP contribution in [0.15, 0.2) is 48.1 Å². The van der Waals surface area contributed by atoms with Gasteiger partial charge in [-0.15, -0.1) is 0 Å². The summed E-state index contributed by atoms with van der Waals surface area (Å²) < 4.78 is 12.0. The molecular weight excluding hydrogens is 376 g/mol. The lowest BCUT2D eigenvalue weighted by Crippen LogP contribution is -2.47. The normalized spacial score (nSPS) is 25.1. The first kappa shape index (κ1) is 22.6. The Hall–Kier alpha value is -2.07. The van der Waals surface area contributed by atoms with E-state index in [1.807, 2.05) is 39.0 Å². The van der Waals surface area contributed by atoms with Gasteiger partial charge >= 0.3 is 5.97 Å². The standard InChI is InChI=1S/C26H36O4/c1-19-14-15-22(20-10-6-5-7-11-20)26(16-19,17-21-12-8-9-13-23(21)27)29-18-24(28)30-25(2,3)4/h8-9,12-16,20,22,27H,5-7,10-11,17-18H2,1-4H3. The average Bonchev–Trinajstić information content (AvgIpc) is 2.68. The molecule has 0 heterocycles. The molecule has 4 nitrogen and oxygen atoms in total. The zero-order valence-electron chi connectivity index (χ0n) is 18.8. The fourth-order valence-electron chi connectivity index (χ4n) is 4.88. The van der Waals surface area contributed by atoms with Crippen LogP contribution in [0.25, 0.3) is 0 Å². The highest BCUT2D eigenvalue weighted by Crippen LogP contribution is 2.44. The van der Waals surface area contributed by atoms with Crippen molar-refractivity contribution in [2.45, 2.75) is 77.4 Å². The van der Waals surface area contributed by atoms with Crippen molar-refractivity contribution < 1.29 is 19.4 Å². The second kappa shape index (κ2) is 9.38. The van der Waals surface area contributed by atoms with Crippen molar-refractivity contribution in [2.24, 2.45) is 11.8 Å². The number of carbonyl (C=O) groups excluding carboxylic acids is 1. The third-order valence-corrected chi connectivity index (χ3v) is 6.10. The number of carbonyl (C=O) groups is 1. The zero-order chi connectivity index (χ0) is 21.8. The topological polar surface area (TPSA) is 55.8 Å². The number of allylic oxidation sites excluding steroid dienone is 2. The molecule has 1 aromatic carbocycles. The molecule has 2 unspecified atom stereocenters. The number of benzene rings is 1. The van der Waals surface area contributed by atoms with Crippen LogP contribution in [-0.4, -0.2) is 28.9 Å². The first-order chi connectivity index (χ1) is 14.2. The molecule has 0 radical (unpaired) electrons. The van der Waals surface area contributed by atoms with Gasteiger partial charge in [0.1, 0.15) is 18.0 Å². The van der Waals surface area contributed by atoms with Gasteiger partial charge in [-0.3, -0.25) is 0 Å². The SMILES string of the molecule is CC1=CC(Cc2ccccc2O)(OCC(=O)OC(C)(C)C)C(C2CCCCC2)C=C1. The Balaban J connectivity index is 1.92. The lowest BCUT2D eigenvalue weighted by atomic mass is 9.67. The number of rotatable bonds is 6. The summed E-state index contributed by atoms with van der Waals surface area (Å²) in [5, 5.41) is 10.5. The smallest absolute Gasteiger partial charge is 0.332 e. The molecule has 0 amide bonds. The van der Waals surface area contributed by atoms with Gasteiger partial charge in [0.15, 0.2) is 0 Å². The minimum atomic E-state index is -0.684. The highest BCUT2D eigenvalue weighted by atomic mass is 16.6. The lowest BCUT2D eigenvalue weighted by molar-refractivity contribution is -0.167. The van der Waals surface area contributed by atoms with Gasteiger partial charge in [0, 0.05) is 12.3 Å². The van der Waals surface area contributed by atoms with Gasteiger partial charge < -0.3 is 14.6 Å².